The average molecular weight is 278 g/mol. The maximum atomic E-state index is 11.2. The van der Waals surface area contributed by atoms with Crippen molar-refractivity contribution in [3.8, 4) is 5.75 Å². The third kappa shape index (κ3) is 6.53. The highest BCUT2D eigenvalue weighted by Gasteiger charge is 2.03. The van der Waals surface area contributed by atoms with Crippen LogP contribution in [0.15, 0.2) is 24.3 Å². The van der Waals surface area contributed by atoms with Crippen molar-refractivity contribution in [2.75, 3.05) is 18.5 Å². The molecule has 0 atom stereocenters. The number of hydrogen-bond donors (Lipinski definition) is 2. The summed E-state index contributed by atoms with van der Waals surface area (Å²) in [6.07, 6.45) is 0.00537. The molecule has 0 aromatic heterocycles. The summed E-state index contributed by atoms with van der Waals surface area (Å²) in [6.45, 7) is 3.37. The predicted octanol–water partition coefficient (Wildman–Crippen LogP) is 2.00. The third-order valence-corrected chi connectivity index (χ3v) is 2.20. The third-order valence-electron chi connectivity index (χ3n) is 2.20. The van der Waals surface area contributed by atoms with E-state index in [-0.39, 0.29) is 31.3 Å². The van der Waals surface area contributed by atoms with Crippen LogP contribution in [0.4, 0.5) is 5.69 Å². The van der Waals surface area contributed by atoms with Crippen LogP contribution in [0.1, 0.15) is 20.3 Å². The van der Waals surface area contributed by atoms with Crippen LogP contribution in [0.25, 0.3) is 0 Å². The molecular formula is C14H18N2O4. The molecule has 0 bridgehead atoms. The summed E-state index contributed by atoms with van der Waals surface area (Å²) < 4.78 is 10.3. The summed E-state index contributed by atoms with van der Waals surface area (Å²) >= 11 is 0. The lowest BCUT2D eigenvalue weighted by Gasteiger charge is -2.08. The fourth-order valence-corrected chi connectivity index (χ4v) is 1.42. The molecule has 6 heteroatoms. The quantitative estimate of drug-likeness (QED) is 0.453. The minimum absolute atomic E-state index is 0.00537. The van der Waals surface area contributed by atoms with Crippen molar-refractivity contribution in [2.24, 2.45) is 0 Å². The first-order valence-corrected chi connectivity index (χ1v) is 6.17. The van der Waals surface area contributed by atoms with Crippen LogP contribution in [0.5, 0.6) is 5.75 Å². The summed E-state index contributed by atoms with van der Waals surface area (Å²) in [5, 5.41) is 9.79. The van der Waals surface area contributed by atoms with Crippen LogP contribution in [-0.4, -0.2) is 30.8 Å². The Morgan fingerprint density at radius 1 is 1.15 bits per heavy atom. The Balaban J connectivity index is 2.27. The fraction of sp³-hybridized carbons (Fsp3) is 0.357. The van der Waals surface area contributed by atoms with Gasteiger partial charge in [-0.3, -0.25) is 9.59 Å². The molecule has 1 aromatic carbocycles. The molecule has 1 amide bonds. The number of anilines is 1. The molecule has 20 heavy (non-hydrogen) atoms. The van der Waals surface area contributed by atoms with Crippen molar-refractivity contribution in [3.63, 3.8) is 0 Å². The lowest BCUT2D eigenvalue weighted by atomic mass is 10.3. The van der Waals surface area contributed by atoms with E-state index in [9.17, 15) is 9.59 Å². The van der Waals surface area contributed by atoms with Crippen molar-refractivity contribution < 1.29 is 19.1 Å². The van der Waals surface area contributed by atoms with Crippen LogP contribution in [0.2, 0.25) is 0 Å². The largest absolute Gasteiger partial charge is 0.490 e. The predicted molar refractivity (Wildman–Crippen MR) is 75.2 cm³/mol. The SMILES string of the molecule is CC(=N)CC(=O)OCCOc1ccc(NC(C)=O)cc1. The Morgan fingerprint density at radius 2 is 1.80 bits per heavy atom. The van der Waals surface area contributed by atoms with Gasteiger partial charge in [0.1, 0.15) is 19.0 Å². The molecule has 0 saturated heterocycles. The van der Waals surface area contributed by atoms with Crippen LogP contribution >= 0.6 is 0 Å². The number of nitrogens with one attached hydrogen (secondary N) is 2. The van der Waals surface area contributed by atoms with E-state index in [1.807, 2.05) is 0 Å². The summed E-state index contributed by atoms with van der Waals surface area (Å²) in [5.41, 5.74) is 0.960. The number of ether oxygens (including phenoxy) is 2. The summed E-state index contributed by atoms with van der Waals surface area (Å²) in [5.74, 6) is 0.0626. The summed E-state index contributed by atoms with van der Waals surface area (Å²) in [6, 6.07) is 6.88. The zero-order chi connectivity index (χ0) is 15.0. The second-order valence-electron chi connectivity index (χ2n) is 4.23. The fourth-order valence-electron chi connectivity index (χ4n) is 1.42. The number of carbonyl (C=O) groups is 2. The van der Waals surface area contributed by atoms with Gasteiger partial charge in [0.05, 0.1) is 6.42 Å². The standard InChI is InChI=1S/C14H18N2O4/c1-10(15)9-14(18)20-8-7-19-13-5-3-12(4-6-13)16-11(2)17/h3-6,15H,7-9H2,1-2H3,(H,16,17). The second-order valence-corrected chi connectivity index (χ2v) is 4.23. The van der Waals surface area contributed by atoms with E-state index >= 15 is 0 Å². The molecule has 0 fully saturated rings. The Kier molecular flexibility index (Phi) is 6.22. The topological polar surface area (TPSA) is 88.5 Å². The molecule has 0 aliphatic rings. The smallest absolute Gasteiger partial charge is 0.311 e. The molecule has 108 valence electrons. The average Bonchev–Trinajstić information content (AvgIpc) is 2.35. The molecule has 0 unspecified atom stereocenters. The summed E-state index contributed by atoms with van der Waals surface area (Å²) in [7, 11) is 0. The first-order valence-electron chi connectivity index (χ1n) is 6.17. The molecule has 0 saturated carbocycles. The van der Waals surface area contributed by atoms with E-state index in [0.29, 0.717) is 11.4 Å². The van der Waals surface area contributed by atoms with E-state index in [0.717, 1.165) is 0 Å². The minimum Gasteiger partial charge on any atom is -0.490 e. The van der Waals surface area contributed by atoms with Crippen LogP contribution in [0, 0.1) is 5.41 Å². The normalized spacial score (nSPS) is 9.70. The molecule has 2 N–H and O–H groups in total. The van der Waals surface area contributed by atoms with Crippen molar-refractivity contribution in [2.45, 2.75) is 20.3 Å². The number of benzene rings is 1. The van der Waals surface area contributed by atoms with Crippen molar-refractivity contribution in [1.29, 1.82) is 5.41 Å². The number of rotatable bonds is 7. The molecule has 0 aliphatic heterocycles. The van der Waals surface area contributed by atoms with Gasteiger partial charge in [0.15, 0.2) is 0 Å². The van der Waals surface area contributed by atoms with Gasteiger partial charge in [-0.05, 0) is 31.2 Å². The van der Waals surface area contributed by atoms with Gasteiger partial charge in [-0.15, -0.1) is 0 Å². The van der Waals surface area contributed by atoms with Crippen LogP contribution in [0.3, 0.4) is 0 Å². The van der Waals surface area contributed by atoms with Crippen molar-refractivity contribution >= 4 is 23.3 Å². The van der Waals surface area contributed by atoms with Gasteiger partial charge < -0.3 is 20.2 Å². The van der Waals surface area contributed by atoms with Gasteiger partial charge in [0.2, 0.25) is 5.91 Å². The lowest BCUT2D eigenvalue weighted by molar-refractivity contribution is -0.142. The Hall–Kier alpha value is -2.37. The van der Waals surface area contributed by atoms with Crippen LogP contribution < -0.4 is 10.1 Å². The Labute approximate surface area is 117 Å². The first-order chi connectivity index (χ1) is 9.47. The van der Waals surface area contributed by atoms with Gasteiger partial charge in [0.25, 0.3) is 0 Å². The maximum Gasteiger partial charge on any atom is 0.311 e. The van der Waals surface area contributed by atoms with Gasteiger partial charge in [-0.2, -0.15) is 0 Å². The molecule has 0 radical (unpaired) electrons. The van der Waals surface area contributed by atoms with Crippen molar-refractivity contribution in [3.05, 3.63) is 24.3 Å². The van der Waals surface area contributed by atoms with E-state index in [1.165, 1.54) is 6.92 Å². The van der Waals surface area contributed by atoms with E-state index in [1.54, 1.807) is 31.2 Å². The molecule has 0 heterocycles. The minimum atomic E-state index is -0.429. The number of amides is 1. The lowest BCUT2D eigenvalue weighted by Crippen LogP contribution is -2.14. The highest BCUT2D eigenvalue weighted by atomic mass is 16.6. The van der Waals surface area contributed by atoms with Gasteiger partial charge in [0, 0.05) is 18.3 Å². The van der Waals surface area contributed by atoms with E-state index in [4.69, 9.17) is 14.9 Å². The van der Waals surface area contributed by atoms with Crippen LogP contribution in [-0.2, 0) is 14.3 Å². The first kappa shape index (κ1) is 15.7. The van der Waals surface area contributed by atoms with Gasteiger partial charge in [-0.25, -0.2) is 0 Å². The van der Waals surface area contributed by atoms with Gasteiger partial charge >= 0.3 is 5.97 Å². The zero-order valence-corrected chi connectivity index (χ0v) is 11.6. The highest BCUT2D eigenvalue weighted by Crippen LogP contribution is 2.15. The highest BCUT2D eigenvalue weighted by molar-refractivity contribution is 5.95. The Bertz CT molecular complexity index is 482. The van der Waals surface area contributed by atoms with Gasteiger partial charge in [-0.1, -0.05) is 0 Å². The molecule has 0 spiro atoms. The second kappa shape index (κ2) is 7.93. The molecule has 0 aliphatic carbocycles. The number of esters is 1. The number of carbonyl (C=O) groups excluding carboxylic acids is 2. The monoisotopic (exact) mass is 278 g/mol. The molecular weight excluding hydrogens is 260 g/mol. The maximum absolute atomic E-state index is 11.2. The van der Waals surface area contributed by atoms with Crippen molar-refractivity contribution in [1.82, 2.24) is 0 Å². The molecule has 1 rings (SSSR count). The Morgan fingerprint density at radius 3 is 2.35 bits per heavy atom. The molecule has 1 aromatic rings. The number of hydrogen-bond acceptors (Lipinski definition) is 5. The zero-order valence-electron chi connectivity index (χ0n) is 11.6. The summed E-state index contributed by atoms with van der Waals surface area (Å²) in [4.78, 5) is 22.0. The van der Waals surface area contributed by atoms with E-state index < -0.39 is 5.97 Å². The molecule has 6 nitrogen and oxygen atoms in total. The van der Waals surface area contributed by atoms with E-state index in [2.05, 4.69) is 5.32 Å².